The molecule has 0 saturated carbocycles. The third-order valence-corrected chi connectivity index (χ3v) is 4.02. The first-order valence-corrected chi connectivity index (χ1v) is 7.94. The van der Waals surface area contributed by atoms with E-state index in [1.165, 1.54) is 36.4 Å². The summed E-state index contributed by atoms with van der Waals surface area (Å²) in [5, 5.41) is 9.18. The number of rotatable bonds is 5. The molecule has 0 atom stereocenters. The largest absolute Gasteiger partial charge is 0.508 e. The molecule has 2 aromatic rings. The van der Waals surface area contributed by atoms with Crippen molar-refractivity contribution >= 4 is 15.7 Å². The highest BCUT2D eigenvalue weighted by Crippen LogP contribution is 2.21. The summed E-state index contributed by atoms with van der Waals surface area (Å²) in [4.78, 5) is 0.145. The van der Waals surface area contributed by atoms with Gasteiger partial charge in [-0.1, -0.05) is 0 Å². The Bertz CT molecular complexity index is 691. The molecule has 0 heterocycles. The van der Waals surface area contributed by atoms with Crippen LogP contribution in [0.15, 0.2) is 53.4 Å². The van der Waals surface area contributed by atoms with Crippen molar-refractivity contribution in [1.82, 2.24) is 0 Å². The van der Waals surface area contributed by atoms with Crippen LogP contribution in [0.3, 0.4) is 0 Å². The average Bonchev–Trinajstić information content (AvgIpc) is 2.41. The molecule has 2 aromatic carbocycles. The molecule has 0 amide bonds. The summed E-state index contributed by atoms with van der Waals surface area (Å²) in [6.07, 6.45) is 0.0302. The van der Waals surface area contributed by atoms with E-state index in [0.29, 0.717) is 11.4 Å². The maximum atomic E-state index is 12.2. The minimum absolute atomic E-state index is 0.0302. The Morgan fingerprint density at radius 1 is 1.00 bits per heavy atom. The summed E-state index contributed by atoms with van der Waals surface area (Å²) in [7, 11) is -3.66. The van der Waals surface area contributed by atoms with Crippen molar-refractivity contribution in [3.05, 3.63) is 48.5 Å². The predicted octanol–water partition coefficient (Wildman–Crippen LogP) is 2.98. The van der Waals surface area contributed by atoms with Crippen molar-refractivity contribution < 1.29 is 18.3 Å². The molecule has 6 heteroatoms. The van der Waals surface area contributed by atoms with E-state index in [2.05, 4.69) is 4.72 Å². The lowest BCUT2D eigenvalue weighted by molar-refractivity contribution is 0.242. The van der Waals surface area contributed by atoms with Crippen molar-refractivity contribution in [2.75, 3.05) is 4.72 Å². The van der Waals surface area contributed by atoms with Gasteiger partial charge in [0.05, 0.1) is 11.0 Å². The van der Waals surface area contributed by atoms with Gasteiger partial charge < -0.3 is 9.84 Å². The maximum Gasteiger partial charge on any atom is 0.261 e. The molecule has 0 fully saturated rings. The van der Waals surface area contributed by atoms with Crippen molar-refractivity contribution in [2.45, 2.75) is 24.8 Å². The Balaban J connectivity index is 2.17. The van der Waals surface area contributed by atoms with Crippen molar-refractivity contribution in [2.24, 2.45) is 0 Å². The molecule has 0 bridgehead atoms. The van der Waals surface area contributed by atoms with Gasteiger partial charge in [0.15, 0.2) is 0 Å². The van der Waals surface area contributed by atoms with Gasteiger partial charge in [-0.25, -0.2) is 8.42 Å². The van der Waals surface area contributed by atoms with Crippen molar-refractivity contribution in [3.8, 4) is 11.5 Å². The number of aromatic hydroxyl groups is 1. The molecule has 2 rings (SSSR count). The molecule has 0 aliphatic heterocycles. The first kappa shape index (κ1) is 15.2. The summed E-state index contributed by atoms with van der Waals surface area (Å²) in [6, 6.07) is 12.0. The van der Waals surface area contributed by atoms with Gasteiger partial charge in [-0.15, -0.1) is 0 Å². The monoisotopic (exact) mass is 307 g/mol. The van der Waals surface area contributed by atoms with Crippen LogP contribution in [-0.4, -0.2) is 19.6 Å². The third-order valence-electron chi connectivity index (χ3n) is 2.63. The van der Waals surface area contributed by atoms with Crippen LogP contribution in [0.25, 0.3) is 0 Å². The predicted molar refractivity (Wildman–Crippen MR) is 81.1 cm³/mol. The van der Waals surface area contributed by atoms with Crippen LogP contribution in [0.5, 0.6) is 11.5 Å². The highest BCUT2D eigenvalue weighted by molar-refractivity contribution is 7.92. The van der Waals surface area contributed by atoms with E-state index in [1.54, 1.807) is 12.1 Å². The highest BCUT2D eigenvalue weighted by atomic mass is 32.2. The van der Waals surface area contributed by atoms with Gasteiger partial charge in [-0.05, 0) is 62.4 Å². The molecule has 0 spiro atoms. The quantitative estimate of drug-likeness (QED) is 0.833. The Morgan fingerprint density at radius 2 is 1.57 bits per heavy atom. The zero-order valence-corrected chi connectivity index (χ0v) is 12.6. The van der Waals surface area contributed by atoms with Gasteiger partial charge in [-0.3, -0.25) is 4.72 Å². The number of phenols is 1. The van der Waals surface area contributed by atoms with E-state index >= 15 is 0 Å². The number of hydrogen-bond donors (Lipinski definition) is 2. The number of hydrogen-bond acceptors (Lipinski definition) is 4. The van der Waals surface area contributed by atoms with Gasteiger partial charge in [0.2, 0.25) is 0 Å². The molecule has 112 valence electrons. The number of benzene rings is 2. The lowest BCUT2D eigenvalue weighted by Gasteiger charge is -2.11. The fraction of sp³-hybridized carbons (Fsp3) is 0.200. The van der Waals surface area contributed by atoms with Crippen molar-refractivity contribution in [1.29, 1.82) is 0 Å². The topological polar surface area (TPSA) is 75.6 Å². The molecule has 2 N–H and O–H groups in total. The molecule has 0 aliphatic carbocycles. The zero-order chi connectivity index (χ0) is 15.5. The average molecular weight is 307 g/mol. The van der Waals surface area contributed by atoms with Crippen LogP contribution in [0, 0.1) is 0 Å². The molecular formula is C15H17NO4S. The molecule has 5 nitrogen and oxygen atoms in total. The minimum Gasteiger partial charge on any atom is -0.508 e. The summed E-state index contributed by atoms with van der Waals surface area (Å²) < 4.78 is 32.3. The molecule has 21 heavy (non-hydrogen) atoms. The highest BCUT2D eigenvalue weighted by Gasteiger charge is 2.14. The van der Waals surface area contributed by atoms with E-state index in [1.807, 2.05) is 13.8 Å². The van der Waals surface area contributed by atoms with Crippen LogP contribution in [0.1, 0.15) is 13.8 Å². The van der Waals surface area contributed by atoms with E-state index < -0.39 is 10.0 Å². The summed E-state index contributed by atoms with van der Waals surface area (Å²) in [5.74, 6) is 0.696. The fourth-order valence-electron chi connectivity index (χ4n) is 1.71. The second-order valence-electron chi connectivity index (χ2n) is 4.79. The molecule has 0 saturated heterocycles. The zero-order valence-electron chi connectivity index (χ0n) is 11.8. The number of ether oxygens (including phenoxy) is 1. The lowest BCUT2D eigenvalue weighted by atomic mass is 10.3. The van der Waals surface area contributed by atoms with Crippen LogP contribution >= 0.6 is 0 Å². The number of nitrogens with one attached hydrogen (secondary N) is 1. The molecule has 0 aromatic heterocycles. The Hall–Kier alpha value is -2.21. The Kier molecular flexibility index (Phi) is 4.37. The van der Waals surface area contributed by atoms with Gasteiger partial charge in [-0.2, -0.15) is 0 Å². The van der Waals surface area contributed by atoms with Crippen molar-refractivity contribution in [3.63, 3.8) is 0 Å². The van der Waals surface area contributed by atoms with Gasteiger partial charge in [0.25, 0.3) is 10.0 Å². The molecular weight excluding hydrogens is 290 g/mol. The van der Waals surface area contributed by atoms with E-state index in [-0.39, 0.29) is 16.7 Å². The Labute approximate surface area is 124 Å². The SMILES string of the molecule is CC(C)Oc1ccc(S(=O)(=O)Nc2ccc(O)cc2)cc1. The van der Waals surface area contributed by atoms with Crippen LogP contribution in [0.2, 0.25) is 0 Å². The van der Waals surface area contributed by atoms with Crippen LogP contribution in [0.4, 0.5) is 5.69 Å². The smallest absolute Gasteiger partial charge is 0.261 e. The number of phenolic OH excluding ortho intramolecular Hbond substituents is 1. The Morgan fingerprint density at radius 3 is 2.10 bits per heavy atom. The second-order valence-corrected chi connectivity index (χ2v) is 6.47. The van der Waals surface area contributed by atoms with E-state index in [0.717, 1.165) is 0 Å². The molecule has 0 radical (unpaired) electrons. The number of anilines is 1. The van der Waals surface area contributed by atoms with Gasteiger partial charge >= 0.3 is 0 Å². The normalized spacial score (nSPS) is 11.4. The third kappa shape index (κ3) is 4.13. The summed E-state index contributed by atoms with van der Waals surface area (Å²) in [5.41, 5.74) is 0.385. The van der Waals surface area contributed by atoms with Crippen LogP contribution in [-0.2, 0) is 10.0 Å². The fourth-order valence-corrected chi connectivity index (χ4v) is 2.77. The maximum absolute atomic E-state index is 12.2. The molecule has 0 aliphatic rings. The molecule has 0 unspecified atom stereocenters. The van der Waals surface area contributed by atoms with E-state index in [4.69, 9.17) is 4.74 Å². The van der Waals surface area contributed by atoms with Gasteiger partial charge in [0.1, 0.15) is 11.5 Å². The lowest BCUT2D eigenvalue weighted by Crippen LogP contribution is -2.13. The number of sulfonamides is 1. The first-order valence-electron chi connectivity index (χ1n) is 6.45. The summed E-state index contributed by atoms with van der Waals surface area (Å²) >= 11 is 0. The standard InChI is InChI=1S/C15H17NO4S/c1-11(2)20-14-7-9-15(10-8-14)21(18,19)16-12-3-5-13(17)6-4-12/h3-11,16-17H,1-2H3. The van der Waals surface area contributed by atoms with E-state index in [9.17, 15) is 13.5 Å². The van der Waals surface area contributed by atoms with Crippen LogP contribution < -0.4 is 9.46 Å². The van der Waals surface area contributed by atoms with Gasteiger partial charge in [0, 0.05) is 5.69 Å². The minimum atomic E-state index is -3.66. The second kappa shape index (κ2) is 6.05. The first-order chi connectivity index (χ1) is 9.87. The summed E-state index contributed by atoms with van der Waals surface area (Å²) in [6.45, 7) is 3.80.